The molecule has 4 heterocycles. The summed E-state index contributed by atoms with van der Waals surface area (Å²) in [7, 11) is 0. The smallest absolute Gasteiger partial charge is 0.293 e. The third-order valence-electron chi connectivity index (χ3n) is 5.49. The summed E-state index contributed by atoms with van der Waals surface area (Å²) in [6.07, 6.45) is 5.09. The van der Waals surface area contributed by atoms with E-state index >= 15 is 0 Å². The fraction of sp³-hybridized carbons (Fsp3) is 0.529. The third-order valence-corrected chi connectivity index (χ3v) is 6.69. The minimum atomic E-state index is -0.0566. The summed E-state index contributed by atoms with van der Waals surface area (Å²) in [5.41, 5.74) is 2.15. The van der Waals surface area contributed by atoms with Crippen molar-refractivity contribution in [2.75, 3.05) is 32.7 Å². The van der Waals surface area contributed by atoms with E-state index in [2.05, 4.69) is 22.0 Å². The molecule has 1 aliphatic carbocycles. The van der Waals surface area contributed by atoms with Gasteiger partial charge >= 0.3 is 0 Å². The number of rotatable bonds is 2. The van der Waals surface area contributed by atoms with Crippen LogP contribution in [0.25, 0.3) is 15.9 Å². The fourth-order valence-corrected chi connectivity index (χ4v) is 5.23. The number of hydrogen-bond donors (Lipinski definition) is 1. The minimum absolute atomic E-state index is 0.0566. The van der Waals surface area contributed by atoms with Gasteiger partial charge in [0.15, 0.2) is 5.65 Å². The van der Waals surface area contributed by atoms with Gasteiger partial charge in [-0.1, -0.05) is 0 Å². The standard InChI is InChI=1S/C17H20N6OS/c1-2-21-6-8-22(9-7-21)17(24)14-19-15-13-11-4-3-5-12(11)25-16(13)18-10-23(15)20-14/h10H,2-9H2,1H3/p+1. The molecular formula is C17H21N6OS+. The number of fused-ring (bicyclic) bond motifs is 5. The first-order valence-corrected chi connectivity index (χ1v) is 9.84. The molecule has 1 aliphatic heterocycles. The second-order valence-electron chi connectivity index (χ2n) is 6.88. The Morgan fingerprint density at radius 1 is 1.32 bits per heavy atom. The Morgan fingerprint density at radius 3 is 2.96 bits per heavy atom. The maximum atomic E-state index is 12.8. The molecule has 1 fully saturated rings. The van der Waals surface area contributed by atoms with E-state index in [4.69, 9.17) is 0 Å². The predicted molar refractivity (Wildman–Crippen MR) is 95.3 cm³/mol. The Balaban J connectivity index is 1.52. The minimum Gasteiger partial charge on any atom is -0.332 e. The van der Waals surface area contributed by atoms with Crippen molar-refractivity contribution in [3.8, 4) is 0 Å². The number of aromatic nitrogens is 4. The van der Waals surface area contributed by atoms with Crippen molar-refractivity contribution in [3.63, 3.8) is 0 Å². The summed E-state index contributed by atoms with van der Waals surface area (Å²) in [6.45, 7) is 6.85. The second kappa shape index (κ2) is 5.74. The summed E-state index contributed by atoms with van der Waals surface area (Å²) in [5, 5.41) is 5.54. The molecule has 0 radical (unpaired) electrons. The largest absolute Gasteiger partial charge is 0.332 e. The molecule has 0 saturated carbocycles. The molecule has 1 saturated heterocycles. The fourth-order valence-electron chi connectivity index (χ4n) is 4.00. The molecule has 0 aromatic carbocycles. The first-order valence-electron chi connectivity index (χ1n) is 9.03. The van der Waals surface area contributed by atoms with Crippen LogP contribution in [0.1, 0.15) is 34.4 Å². The van der Waals surface area contributed by atoms with Crippen LogP contribution in [-0.2, 0) is 12.8 Å². The molecule has 0 unspecified atom stereocenters. The lowest BCUT2D eigenvalue weighted by atomic mass is 10.2. The van der Waals surface area contributed by atoms with E-state index in [0.29, 0.717) is 5.82 Å². The van der Waals surface area contributed by atoms with Crippen molar-refractivity contribution in [1.82, 2.24) is 24.5 Å². The molecule has 7 nitrogen and oxygen atoms in total. The van der Waals surface area contributed by atoms with Gasteiger partial charge in [0, 0.05) is 4.88 Å². The van der Waals surface area contributed by atoms with E-state index in [-0.39, 0.29) is 5.91 Å². The first-order chi connectivity index (χ1) is 12.2. The molecule has 2 aliphatic rings. The van der Waals surface area contributed by atoms with E-state index in [1.54, 1.807) is 27.1 Å². The summed E-state index contributed by atoms with van der Waals surface area (Å²) in [4.78, 5) is 27.9. The van der Waals surface area contributed by atoms with Crippen molar-refractivity contribution in [1.29, 1.82) is 0 Å². The molecule has 5 rings (SSSR count). The Bertz CT molecular complexity index is 968. The summed E-state index contributed by atoms with van der Waals surface area (Å²) >= 11 is 1.76. The van der Waals surface area contributed by atoms with E-state index in [0.717, 1.165) is 61.4 Å². The van der Waals surface area contributed by atoms with E-state index in [9.17, 15) is 4.79 Å². The SMILES string of the molecule is CC[NH+]1CCN(C(=O)c2nc3c4c5c(sc4ncn3n2)CCC5)CC1. The molecule has 1 N–H and O–H groups in total. The molecule has 25 heavy (non-hydrogen) atoms. The molecule has 8 heteroatoms. The molecule has 0 bridgehead atoms. The average molecular weight is 357 g/mol. The van der Waals surface area contributed by atoms with Crippen molar-refractivity contribution >= 4 is 33.1 Å². The quantitative estimate of drug-likeness (QED) is 0.711. The lowest BCUT2D eigenvalue weighted by Gasteiger charge is -2.30. The van der Waals surface area contributed by atoms with Gasteiger partial charge in [-0.25, -0.2) is 14.5 Å². The van der Waals surface area contributed by atoms with Crippen LogP contribution in [-0.4, -0.2) is 63.1 Å². The highest BCUT2D eigenvalue weighted by atomic mass is 32.1. The van der Waals surface area contributed by atoms with Crippen LogP contribution in [0.5, 0.6) is 0 Å². The van der Waals surface area contributed by atoms with Crippen LogP contribution in [0.3, 0.4) is 0 Å². The van der Waals surface area contributed by atoms with Crippen molar-refractivity contribution < 1.29 is 9.69 Å². The van der Waals surface area contributed by atoms with Gasteiger partial charge in [-0.3, -0.25) is 4.79 Å². The van der Waals surface area contributed by atoms with Crippen LogP contribution >= 0.6 is 11.3 Å². The van der Waals surface area contributed by atoms with Gasteiger partial charge in [0.2, 0.25) is 5.82 Å². The van der Waals surface area contributed by atoms with Gasteiger partial charge in [0.25, 0.3) is 5.91 Å². The summed E-state index contributed by atoms with van der Waals surface area (Å²) in [5.74, 6) is 0.242. The van der Waals surface area contributed by atoms with Gasteiger partial charge < -0.3 is 9.80 Å². The van der Waals surface area contributed by atoms with Gasteiger partial charge in [-0.15, -0.1) is 16.4 Å². The number of quaternary nitrogens is 1. The lowest BCUT2D eigenvalue weighted by molar-refractivity contribution is -0.902. The highest BCUT2D eigenvalue weighted by Gasteiger charge is 2.28. The number of carbonyl (C=O) groups is 1. The van der Waals surface area contributed by atoms with Gasteiger partial charge in [-0.05, 0) is 31.7 Å². The molecule has 0 spiro atoms. The maximum Gasteiger partial charge on any atom is 0.293 e. The Labute approximate surface area is 149 Å². The third kappa shape index (κ3) is 2.35. The van der Waals surface area contributed by atoms with Crippen molar-refractivity contribution in [2.24, 2.45) is 0 Å². The molecule has 3 aromatic heterocycles. The number of amides is 1. The number of hydrogen-bond acceptors (Lipinski definition) is 5. The average Bonchev–Trinajstić information content (AvgIpc) is 3.33. The maximum absolute atomic E-state index is 12.8. The van der Waals surface area contributed by atoms with Crippen molar-refractivity contribution in [3.05, 3.63) is 22.6 Å². The number of piperazine rings is 1. The van der Waals surface area contributed by atoms with Crippen molar-refractivity contribution in [2.45, 2.75) is 26.2 Å². The number of aryl methyl sites for hydroxylation is 2. The van der Waals surface area contributed by atoms with Gasteiger partial charge in [-0.2, -0.15) is 0 Å². The van der Waals surface area contributed by atoms with Crippen LogP contribution in [0.4, 0.5) is 0 Å². The highest BCUT2D eigenvalue weighted by molar-refractivity contribution is 7.19. The number of carbonyl (C=O) groups excluding carboxylic acids is 1. The zero-order valence-corrected chi connectivity index (χ0v) is 15.1. The molecular weight excluding hydrogens is 336 g/mol. The monoisotopic (exact) mass is 357 g/mol. The van der Waals surface area contributed by atoms with Gasteiger partial charge in [0.05, 0.1) is 38.1 Å². The number of thiophene rings is 1. The zero-order chi connectivity index (χ0) is 17.0. The Morgan fingerprint density at radius 2 is 2.16 bits per heavy atom. The highest BCUT2D eigenvalue weighted by Crippen LogP contribution is 2.37. The normalized spacial score (nSPS) is 18.4. The first kappa shape index (κ1) is 15.2. The van der Waals surface area contributed by atoms with Crippen LogP contribution in [0, 0.1) is 0 Å². The molecule has 0 atom stereocenters. The Hall–Kier alpha value is -2.06. The second-order valence-corrected chi connectivity index (χ2v) is 7.97. The van der Waals surface area contributed by atoms with Crippen LogP contribution < -0.4 is 4.90 Å². The van der Waals surface area contributed by atoms with E-state index in [1.165, 1.54) is 16.9 Å². The number of likely N-dealkylation sites (N-methyl/N-ethyl adjacent to an activating group) is 1. The van der Waals surface area contributed by atoms with Gasteiger partial charge in [0.1, 0.15) is 11.2 Å². The predicted octanol–water partition coefficient (Wildman–Crippen LogP) is 0.188. The summed E-state index contributed by atoms with van der Waals surface area (Å²) in [6, 6.07) is 0. The zero-order valence-electron chi connectivity index (χ0n) is 14.3. The molecule has 1 amide bonds. The Kier molecular flexibility index (Phi) is 3.49. The number of nitrogens with one attached hydrogen (secondary N) is 1. The van der Waals surface area contributed by atoms with E-state index < -0.39 is 0 Å². The molecule has 130 valence electrons. The lowest BCUT2D eigenvalue weighted by Crippen LogP contribution is -3.14. The number of nitrogens with zero attached hydrogens (tertiary/aromatic N) is 5. The van der Waals surface area contributed by atoms with Crippen LogP contribution in [0.2, 0.25) is 0 Å². The summed E-state index contributed by atoms with van der Waals surface area (Å²) < 4.78 is 1.68. The van der Waals surface area contributed by atoms with E-state index in [1.807, 2.05) is 4.90 Å². The van der Waals surface area contributed by atoms with Crippen LogP contribution in [0.15, 0.2) is 6.33 Å². The topological polar surface area (TPSA) is 67.8 Å². The molecule has 3 aromatic rings.